The van der Waals surface area contributed by atoms with Crippen LogP contribution in [0, 0.1) is 0 Å². The van der Waals surface area contributed by atoms with Crippen LogP contribution in [0.4, 0.5) is 13.2 Å². The van der Waals surface area contributed by atoms with Gasteiger partial charge in [0.15, 0.2) is 0 Å². The molecule has 1 aromatic rings. The molecule has 1 heterocycles. The van der Waals surface area contributed by atoms with Gasteiger partial charge in [-0.1, -0.05) is 12.1 Å². The minimum atomic E-state index is -4.67. The highest BCUT2D eigenvalue weighted by Gasteiger charge is 2.33. The molecule has 0 saturated carbocycles. The van der Waals surface area contributed by atoms with Gasteiger partial charge in [0.2, 0.25) is 0 Å². The van der Waals surface area contributed by atoms with Gasteiger partial charge in [0.25, 0.3) is 0 Å². The van der Waals surface area contributed by atoms with Crippen LogP contribution in [0.25, 0.3) is 5.57 Å². The van der Waals surface area contributed by atoms with Crippen LogP contribution in [0.3, 0.4) is 0 Å². The molecular weight excluding hydrogens is 231 g/mol. The number of hydrogen-bond acceptors (Lipinski definition) is 2. The third-order valence-electron chi connectivity index (χ3n) is 2.33. The van der Waals surface area contributed by atoms with Crippen LogP contribution in [-0.2, 0) is 4.74 Å². The summed E-state index contributed by atoms with van der Waals surface area (Å²) < 4.78 is 40.7. The Balaban J connectivity index is 2.36. The van der Waals surface area contributed by atoms with E-state index >= 15 is 0 Å². The summed E-state index contributed by atoms with van der Waals surface area (Å²) in [6.07, 6.45) is 1.08. The Morgan fingerprint density at radius 1 is 1.24 bits per heavy atom. The minimum absolute atomic E-state index is 0.164. The van der Waals surface area contributed by atoms with Crippen molar-refractivity contribution in [1.29, 1.82) is 0 Å². The minimum Gasteiger partial charge on any atom is -0.405 e. The molecule has 0 N–H and O–H groups in total. The SMILES string of the molecule is FC(F)(F)OC1=C(c2ccccn2)CCC=C1. The van der Waals surface area contributed by atoms with Gasteiger partial charge in [-0.15, -0.1) is 13.2 Å². The quantitative estimate of drug-likeness (QED) is 0.788. The second-order valence-electron chi connectivity index (χ2n) is 3.55. The molecule has 0 unspecified atom stereocenters. The lowest BCUT2D eigenvalue weighted by molar-refractivity contribution is -0.303. The summed E-state index contributed by atoms with van der Waals surface area (Å²) in [6.45, 7) is 0. The number of allylic oxidation sites excluding steroid dienone is 3. The van der Waals surface area contributed by atoms with Gasteiger partial charge in [-0.2, -0.15) is 0 Å². The zero-order valence-electron chi connectivity index (χ0n) is 8.87. The zero-order chi connectivity index (χ0) is 12.3. The van der Waals surface area contributed by atoms with E-state index in [1.807, 2.05) is 0 Å². The number of halogens is 3. The standard InChI is InChI=1S/C12H10F3NO/c13-12(14,15)17-11-7-2-1-5-9(11)10-6-3-4-8-16-10/h2-4,6-8H,1,5H2. The Morgan fingerprint density at radius 3 is 2.71 bits per heavy atom. The largest absolute Gasteiger partial charge is 0.573 e. The van der Waals surface area contributed by atoms with Crippen molar-refractivity contribution in [2.75, 3.05) is 0 Å². The molecule has 17 heavy (non-hydrogen) atoms. The molecule has 0 aromatic carbocycles. The van der Waals surface area contributed by atoms with Crippen LogP contribution in [0.15, 0.2) is 42.3 Å². The van der Waals surface area contributed by atoms with E-state index in [0.29, 0.717) is 24.1 Å². The molecule has 1 aliphatic rings. The van der Waals surface area contributed by atoms with Gasteiger partial charge in [-0.3, -0.25) is 4.98 Å². The van der Waals surface area contributed by atoms with Crippen LogP contribution in [0.1, 0.15) is 18.5 Å². The van der Waals surface area contributed by atoms with Crippen LogP contribution < -0.4 is 0 Å². The Bertz CT molecular complexity index is 449. The van der Waals surface area contributed by atoms with Gasteiger partial charge in [0.05, 0.1) is 5.69 Å². The molecule has 90 valence electrons. The Kier molecular flexibility index (Phi) is 3.17. The molecule has 2 nitrogen and oxygen atoms in total. The van der Waals surface area contributed by atoms with Crippen molar-refractivity contribution in [2.45, 2.75) is 19.2 Å². The van der Waals surface area contributed by atoms with E-state index in [1.165, 1.54) is 6.08 Å². The number of aromatic nitrogens is 1. The Hall–Kier alpha value is -1.78. The molecule has 0 amide bonds. The van der Waals surface area contributed by atoms with E-state index in [1.54, 1.807) is 30.5 Å². The van der Waals surface area contributed by atoms with Crippen LogP contribution in [0.5, 0.6) is 0 Å². The fraction of sp³-hybridized carbons (Fsp3) is 0.250. The third kappa shape index (κ3) is 3.09. The fourth-order valence-electron chi connectivity index (χ4n) is 1.66. The molecule has 1 aromatic heterocycles. The normalized spacial score (nSPS) is 16.2. The molecule has 0 bridgehead atoms. The van der Waals surface area contributed by atoms with E-state index in [2.05, 4.69) is 9.72 Å². The summed E-state index contributed by atoms with van der Waals surface area (Å²) in [7, 11) is 0. The number of hydrogen-bond donors (Lipinski definition) is 0. The van der Waals surface area contributed by atoms with Gasteiger partial charge in [0, 0.05) is 11.8 Å². The van der Waals surface area contributed by atoms with Gasteiger partial charge < -0.3 is 4.74 Å². The maximum Gasteiger partial charge on any atom is 0.573 e. The van der Waals surface area contributed by atoms with Crippen molar-refractivity contribution in [2.24, 2.45) is 0 Å². The summed E-state index contributed by atoms with van der Waals surface area (Å²) in [6, 6.07) is 5.13. The predicted molar refractivity (Wildman–Crippen MR) is 56.7 cm³/mol. The first-order chi connectivity index (χ1) is 8.06. The summed E-state index contributed by atoms with van der Waals surface area (Å²) in [5.41, 5.74) is 1.02. The van der Waals surface area contributed by atoms with Gasteiger partial charge in [0.1, 0.15) is 5.76 Å². The average Bonchev–Trinajstić information content (AvgIpc) is 2.29. The number of nitrogens with zero attached hydrogens (tertiary/aromatic N) is 1. The number of pyridine rings is 1. The van der Waals surface area contributed by atoms with Crippen molar-refractivity contribution < 1.29 is 17.9 Å². The van der Waals surface area contributed by atoms with Crippen molar-refractivity contribution in [3.8, 4) is 0 Å². The van der Waals surface area contributed by atoms with Crippen molar-refractivity contribution in [3.05, 3.63) is 48.0 Å². The molecule has 1 aliphatic carbocycles. The molecule has 0 atom stereocenters. The highest BCUT2D eigenvalue weighted by molar-refractivity contribution is 5.68. The first-order valence-electron chi connectivity index (χ1n) is 5.13. The average molecular weight is 241 g/mol. The maximum absolute atomic E-state index is 12.2. The second-order valence-corrected chi connectivity index (χ2v) is 3.55. The molecular formula is C12H10F3NO. The van der Waals surface area contributed by atoms with Gasteiger partial charge in [-0.05, 0) is 31.1 Å². The van der Waals surface area contributed by atoms with Crippen molar-refractivity contribution in [1.82, 2.24) is 4.98 Å². The Labute approximate surface area is 96.4 Å². The fourth-order valence-corrected chi connectivity index (χ4v) is 1.66. The molecule has 0 radical (unpaired) electrons. The molecule has 5 heteroatoms. The highest BCUT2D eigenvalue weighted by Crippen LogP contribution is 2.32. The number of ether oxygens (including phenoxy) is 1. The zero-order valence-corrected chi connectivity index (χ0v) is 8.87. The smallest absolute Gasteiger partial charge is 0.405 e. The highest BCUT2D eigenvalue weighted by atomic mass is 19.4. The lowest BCUT2D eigenvalue weighted by Crippen LogP contribution is -2.14. The lowest BCUT2D eigenvalue weighted by atomic mass is 10.00. The molecule has 0 spiro atoms. The summed E-state index contributed by atoms with van der Waals surface area (Å²) in [4.78, 5) is 4.04. The number of rotatable bonds is 2. The second kappa shape index (κ2) is 4.61. The first kappa shape index (κ1) is 11.7. The van der Waals surface area contributed by atoms with Crippen LogP contribution in [0.2, 0.25) is 0 Å². The molecule has 0 aliphatic heterocycles. The monoisotopic (exact) mass is 241 g/mol. The van der Waals surface area contributed by atoms with Crippen LogP contribution in [-0.4, -0.2) is 11.3 Å². The van der Waals surface area contributed by atoms with E-state index in [4.69, 9.17) is 0 Å². The van der Waals surface area contributed by atoms with E-state index in [-0.39, 0.29) is 5.76 Å². The van der Waals surface area contributed by atoms with E-state index in [9.17, 15) is 13.2 Å². The van der Waals surface area contributed by atoms with E-state index in [0.717, 1.165) is 0 Å². The first-order valence-corrected chi connectivity index (χ1v) is 5.13. The van der Waals surface area contributed by atoms with Crippen molar-refractivity contribution >= 4 is 5.57 Å². The number of alkyl halides is 3. The summed E-state index contributed by atoms with van der Waals surface area (Å²) >= 11 is 0. The van der Waals surface area contributed by atoms with Crippen molar-refractivity contribution in [3.63, 3.8) is 0 Å². The van der Waals surface area contributed by atoms with Gasteiger partial charge >= 0.3 is 6.36 Å². The third-order valence-corrected chi connectivity index (χ3v) is 2.33. The van der Waals surface area contributed by atoms with Crippen LogP contribution >= 0.6 is 0 Å². The molecule has 0 fully saturated rings. The predicted octanol–water partition coefficient (Wildman–Crippen LogP) is 3.68. The lowest BCUT2D eigenvalue weighted by Gasteiger charge is -2.17. The molecule has 0 saturated heterocycles. The Morgan fingerprint density at radius 2 is 2.06 bits per heavy atom. The maximum atomic E-state index is 12.2. The summed E-state index contributed by atoms with van der Waals surface area (Å²) in [5, 5.41) is 0. The summed E-state index contributed by atoms with van der Waals surface area (Å²) in [5.74, 6) is -0.164. The van der Waals surface area contributed by atoms with Gasteiger partial charge in [-0.25, -0.2) is 0 Å². The van der Waals surface area contributed by atoms with E-state index < -0.39 is 6.36 Å². The molecule has 2 rings (SSSR count). The topological polar surface area (TPSA) is 22.1 Å².